The first-order chi connectivity index (χ1) is 12.7. The zero-order chi connectivity index (χ0) is 17.9. The van der Waals surface area contributed by atoms with E-state index in [9.17, 15) is 5.26 Å². The average molecular weight is 411 g/mol. The van der Waals surface area contributed by atoms with E-state index in [-0.39, 0.29) is 17.7 Å². The average Bonchev–Trinajstić information content (AvgIpc) is 3.15. The second kappa shape index (κ2) is 7.23. The summed E-state index contributed by atoms with van der Waals surface area (Å²) in [4.78, 5) is 13.0. The Kier molecular flexibility index (Phi) is 4.65. The minimum absolute atomic E-state index is 0.00259. The van der Waals surface area contributed by atoms with Gasteiger partial charge in [-0.2, -0.15) is 10.2 Å². The second-order valence-corrected chi connectivity index (χ2v) is 6.76. The number of hydrogen-bond acceptors (Lipinski definition) is 7. The molecular formula is C18H15BrN6O. The number of aromatic nitrogens is 3. The molecule has 0 amide bonds. The van der Waals surface area contributed by atoms with Gasteiger partial charge in [0, 0.05) is 22.6 Å². The van der Waals surface area contributed by atoms with Crippen LogP contribution in [-0.2, 0) is 0 Å². The van der Waals surface area contributed by atoms with Gasteiger partial charge in [-0.25, -0.2) is 9.97 Å². The van der Waals surface area contributed by atoms with Crippen molar-refractivity contribution in [1.82, 2.24) is 20.3 Å². The minimum atomic E-state index is 0.00259. The molecule has 1 saturated heterocycles. The van der Waals surface area contributed by atoms with E-state index in [1.165, 1.54) is 6.20 Å². The summed E-state index contributed by atoms with van der Waals surface area (Å²) in [6.45, 7) is 1.64. The molecule has 1 aliphatic heterocycles. The van der Waals surface area contributed by atoms with E-state index in [0.29, 0.717) is 11.6 Å². The zero-order valence-corrected chi connectivity index (χ0v) is 15.3. The fourth-order valence-corrected chi connectivity index (χ4v) is 3.30. The van der Waals surface area contributed by atoms with E-state index in [4.69, 9.17) is 4.74 Å². The van der Waals surface area contributed by atoms with Crippen molar-refractivity contribution in [2.45, 2.75) is 12.5 Å². The van der Waals surface area contributed by atoms with Gasteiger partial charge in [0.05, 0.1) is 6.20 Å². The van der Waals surface area contributed by atoms with E-state index < -0.39 is 0 Å². The molecule has 1 aromatic carbocycles. The van der Waals surface area contributed by atoms with Crippen molar-refractivity contribution >= 4 is 38.3 Å². The van der Waals surface area contributed by atoms with Crippen LogP contribution in [0.2, 0.25) is 0 Å². The molecule has 0 unspecified atom stereocenters. The molecule has 1 fully saturated rings. The van der Waals surface area contributed by atoms with E-state index >= 15 is 0 Å². The maximum Gasteiger partial charge on any atom is 0.253 e. The summed E-state index contributed by atoms with van der Waals surface area (Å²) in [5.41, 5.74) is 0.179. The van der Waals surface area contributed by atoms with Gasteiger partial charge in [-0.15, -0.1) is 0 Å². The van der Waals surface area contributed by atoms with Crippen molar-refractivity contribution in [1.29, 1.82) is 5.26 Å². The highest BCUT2D eigenvalue weighted by molar-refractivity contribution is 9.10. The maximum atomic E-state index is 9.23. The summed E-state index contributed by atoms with van der Waals surface area (Å²) in [6, 6.07) is 9.92. The predicted molar refractivity (Wildman–Crippen MR) is 101 cm³/mol. The number of rotatable bonds is 4. The van der Waals surface area contributed by atoms with Gasteiger partial charge in [0.15, 0.2) is 5.82 Å². The molecular weight excluding hydrogens is 396 g/mol. The van der Waals surface area contributed by atoms with Crippen molar-refractivity contribution in [3.8, 4) is 11.9 Å². The minimum Gasteiger partial charge on any atom is -0.471 e. The molecule has 1 aliphatic rings. The maximum absolute atomic E-state index is 9.23. The van der Waals surface area contributed by atoms with Gasteiger partial charge in [-0.1, -0.05) is 28.1 Å². The number of ether oxygens (including phenoxy) is 1. The van der Waals surface area contributed by atoms with Crippen LogP contribution >= 0.6 is 15.9 Å². The summed E-state index contributed by atoms with van der Waals surface area (Å²) in [7, 11) is 0. The van der Waals surface area contributed by atoms with Crippen LogP contribution in [0, 0.1) is 11.3 Å². The molecule has 1 atom stereocenters. The third-order valence-electron chi connectivity index (χ3n) is 4.11. The molecule has 3 aromatic rings. The number of nitriles is 1. The Hall–Kier alpha value is -2.76. The number of nitrogens with zero attached hydrogens (tertiary/aromatic N) is 4. The normalized spacial score (nSPS) is 16.4. The first-order valence-electron chi connectivity index (χ1n) is 8.19. The number of halogens is 1. The molecule has 0 radical (unpaired) electrons. The van der Waals surface area contributed by atoms with Crippen molar-refractivity contribution in [2.24, 2.45) is 0 Å². The number of anilines is 2. The highest BCUT2D eigenvalue weighted by Gasteiger charge is 2.19. The molecule has 0 spiro atoms. The van der Waals surface area contributed by atoms with Crippen LogP contribution < -0.4 is 15.4 Å². The third kappa shape index (κ3) is 3.45. The Morgan fingerprint density at radius 1 is 1.27 bits per heavy atom. The summed E-state index contributed by atoms with van der Waals surface area (Å²) in [5, 5.41) is 17.7. The third-order valence-corrected chi connectivity index (χ3v) is 4.80. The molecule has 3 heterocycles. The van der Waals surface area contributed by atoms with Crippen molar-refractivity contribution in [3.05, 3.63) is 46.8 Å². The molecule has 26 heavy (non-hydrogen) atoms. The fraction of sp³-hybridized carbons (Fsp3) is 0.222. The molecule has 0 bridgehead atoms. The van der Waals surface area contributed by atoms with Crippen LogP contribution in [0.4, 0.5) is 11.6 Å². The van der Waals surface area contributed by atoms with E-state index in [1.54, 1.807) is 6.20 Å². The Bertz CT molecular complexity index is 997. The van der Waals surface area contributed by atoms with Gasteiger partial charge in [-0.05, 0) is 30.5 Å². The predicted octanol–water partition coefficient (Wildman–Crippen LogP) is 3.14. The Labute approximate surface area is 158 Å². The fourth-order valence-electron chi connectivity index (χ4n) is 2.81. The first-order valence-corrected chi connectivity index (χ1v) is 8.98. The van der Waals surface area contributed by atoms with Gasteiger partial charge in [0.2, 0.25) is 5.69 Å². The summed E-state index contributed by atoms with van der Waals surface area (Å²) in [6.07, 6.45) is 4.18. The quantitative estimate of drug-likeness (QED) is 0.681. The lowest BCUT2D eigenvalue weighted by atomic mass is 10.2. The summed E-state index contributed by atoms with van der Waals surface area (Å²) in [5.74, 6) is 1.37. The van der Waals surface area contributed by atoms with Crippen molar-refractivity contribution < 1.29 is 4.74 Å². The SMILES string of the molecule is N#Cc1ncc(Nc2cc3cccc(Br)c3cn2)nc1O[C@@H]1CCNC1. The molecule has 7 nitrogen and oxygen atoms in total. The highest BCUT2D eigenvalue weighted by atomic mass is 79.9. The standard InChI is InChI=1S/C18H15BrN6O/c19-14-3-1-2-11-6-16(23-9-13(11)14)24-17-10-22-15(7-20)18(25-17)26-12-4-5-21-8-12/h1-3,6,9-10,12,21H,4-5,8H2,(H,23,24,25)/t12-/m1/s1. The lowest BCUT2D eigenvalue weighted by Crippen LogP contribution is -2.21. The lowest BCUT2D eigenvalue weighted by molar-refractivity contribution is 0.212. The molecule has 0 saturated carbocycles. The number of pyridine rings is 1. The van der Waals surface area contributed by atoms with Crippen LogP contribution in [0.1, 0.15) is 12.1 Å². The monoisotopic (exact) mass is 410 g/mol. The van der Waals surface area contributed by atoms with E-state index in [0.717, 1.165) is 34.8 Å². The van der Waals surface area contributed by atoms with Crippen LogP contribution in [0.15, 0.2) is 41.1 Å². The zero-order valence-electron chi connectivity index (χ0n) is 13.7. The number of fused-ring (bicyclic) bond motifs is 1. The highest BCUT2D eigenvalue weighted by Crippen LogP contribution is 2.26. The lowest BCUT2D eigenvalue weighted by Gasteiger charge is -2.13. The largest absolute Gasteiger partial charge is 0.471 e. The van der Waals surface area contributed by atoms with Gasteiger partial charge < -0.3 is 15.4 Å². The number of nitrogens with one attached hydrogen (secondary N) is 2. The molecule has 2 aromatic heterocycles. The molecule has 4 rings (SSSR count). The molecule has 130 valence electrons. The van der Waals surface area contributed by atoms with Gasteiger partial charge in [0.25, 0.3) is 5.88 Å². The van der Waals surface area contributed by atoms with E-state index in [1.807, 2.05) is 30.3 Å². The van der Waals surface area contributed by atoms with Crippen molar-refractivity contribution in [3.63, 3.8) is 0 Å². The van der Waals surface area contributed by atoms with Crippen molar-refractivity contribution in [2.75, 3.05) is 18.4 Å². The topological polar surface area (TPSA) is 95.8 Å². The van der Waals surface area contributed by atoms with Crippen LogP contribution in [-0.4, -0.2) is 34.1 Å². The van der Waals surface area contributed by atoms with Crippen LogP contribution in [0.3, 0.4) is 0 Å². The van der Waals surface area contributed by atoms with Crippen LogP contribution in [0.5, 0.6) is 5.88 Å². The Morgan fingerprint density at radius 3 is 3.00 bits per heavy atom. The Balaban J connectivity index is 1.60. The van der Waals surface area contributed by atoms with Gasteiger partial charge in [-0.3, -0.25) is 0 Å². The number of benzene rings is 1. The summed E-state index contributed by atoms with van der Waals surface area (Å²) < 4.78 is 6.83. The van der Waals surface area contributed by atoms with Crippen LogP contribution in [0.25, 0.3) is 10.8 Å². The van der Waals surface area contributed by atoms with Gasteiger partial charge in [0.1, 0.15) is 18.0 Å². The smallest absolute Gasteiger partial charge is 0.253 e. The molecule has 2 N–H and O–H groups in total. The van der Waals surface area contributed by atoms with Gasteiger partial charge >= 0.3 is 0 Å². The molecule has 8 heteroatoms. The summed E-state index contributed by atoms with van der Waals surface area (Å²) >= 11 is 3.52. The van der Waals surface area contributed by atoms with E-state index in [2.05, 4.69) is 41.5 Å². The first kappa shape index (κ1) is 16.7. The number of hydrogen-bond donors (Lipinski definition) is 2. The molecule has 0 aliphatic carbocycles. The second-order valence-electron chi connectivity index (χ2n) is 5.91. The Morgan fingerprint density at radius 2 is 2.19 bits per heavy atom.